The number of primary amides is 1. The molecule has 8 heteroatoms. The number of hydrogen-bond acceptors (Lipinski definition) is 2. The van der Waals surface area contributed by atoms with E-state index in [0.29, 0.717) is 4.67 Å². The Hall–Kier alpha value is 0.530. The van der Waals surface area contributed by atoms with Crippen LogP contribution in [-0.2, 0) is 0 Å². The van der Waals surface area contributed by atoms with Crippen molar-refractivity contribution in [3.63, 3.8) is 0 Å². The Kier molecular flexibility index (Phi) is 3.99. The topological polar surface area (TPSA) is 66.6 Å². The third-order valence-electron chi connectivity index (χ3n) is 0.714. The Morgan fingerprint density at radius 1 is 1.60 bits per heavy atom. The first-order valence-corrected chi connectivity index (χ1v) is 7.12. The number of amides is 2. The first-order chi connectivity index (χ1) is 4.39. The number of halogens is 3. The first kappa shape index (κ1) is 10.5. The first-order valence-electron chi connectivity index (χ1n) is 2.14. The molecular weight excluding hydrogens is 221 g/mol. The SMILES string of the molecule is NC(=O)N(CO)[PH](Cl)(Cl)Cl. The van der Waals surface area contributed by atoms with E-state index < -0.39 is 18.2 Å². The monoisotopic (exact) mass is 226 g/mol. The summed E-state index contributed by atoms with van der Waals surface area (Å²) in [4.78, 5) is 10.3. The number of carbonyl (C=O) groups excluding carboxylic acids is 1. The second-order valence-electron chi connectivity index (χ2n) is 1.38. The van der Waals surface area contributed by atoms with Crippen LogP contribution >= 0.6 is 39.2 Å². The van der Waals surface area contributed by atoms with E-state index in [-0.39, 0.29) is 0 Å². The van der Waals surface area contributed by atoms with E-state index >= 15 is 0 Å². The van der Waals surface area contributed by atoms with Crippen LogP contribution in [0.4, 0.5) is 4.79 Å². The van der Waals surface area contributed by atoms with Gasteiger partial charge < -0.3 is 0 Å². The Bertz CT molecular complexity index is 137. The van der Waals surface area contributed by atoms with Crippen molar-refractivity contribution in [2.24, 2.45) is 5.73 Å². The van der Waals surface area contributed by atoms with Gasteiger partial charge in [-0.2, -0.15) is 0 Å². The van der Waals surface area contributed by atoms with Crippen LogP contribution < -0.4 is 5.73 Å². The fourth-order valence-corrected chi connectivity index (χ4v) is 1.92. The summed E-state index contributed by atoms with van der Waals surface area (Å²) in [5, 5.41) is 8.44. The van der Waals surface area contributed by atoms with Crippen molar-refractivity contribution in [3.05, 3.63) is 0 Å². The van der Waals surface area contributed by atoms with Crippen LogP contribution in [-0.4, -0.2) is 22.5 Å². The minimum absolute atomic E-state index is 0.609. The summed E-state index contributed by atoms with van der Waals surface area (Å²) in [6.45, 7) is -0.669. The molecule has 0 saturated heterocycles. The number of nitrogens with two attached hydrogens (primary N) is 1. The van der Waals surface area contributed by atoms with E-state index in [4.69, 9.17) is 44.6 Å². The van der Waals surface area contributed by atoms with E-state index in [9.17, 15) is 4.79 Å². The van der Waals surface area contributed by atoms with Gasteiger partial charge in [-0.3, -0.25) is 0 Å². The molecule has 0 aromatic rings. The maximum atomic E-state index is 10.3. The number of aliphatic hydroxyl groups is 1. The standard InChI is InChI=1S/C2H6Cl3N2O2P/c3-10(4,5)7(1-8)2(6)9/h8,10H,1H2,(H2,6,9). The van der Waals surface area contributed by atoms with Gasteiger partial charge in [0.1, 0.15) is 0 Å². The van der Waals surface area contributed by atoms with Crippen molar-refractivity contribution in [1.82, 2.24) is 4.67 Å². The van der Waals surface area contributed by atoms with Crippen LogP contribution in [0.15, 0.2) is 0 Å². The summed E-state index contributed by atoms with van der Waals surface area (Å²) in [6, 6.07) is -0.936. The molecule has 62 valence electrons. The number of nitrogens with zero attached hydrogens (tertiary/aromatic N) is 1. The fraction of sp³-hybridized carbons (Fsp3) is 0.500. The predicted molar refractivity (Wildman–Crippen MR) is 44.4 cm³/mol. The molecule has 0 radical (unpaired) electrons. The number of carbonyl (C=O) groups is 1. The van der Waals surface area contributed by atoms with Gasteiger partial charge in [-0.05, 0) is 0 Å². The van der Waals surface area contributed by atoms with Crippen LogP contribution in [0.5, 0.6) is 0 Å². The molecule has 0 rings (SSSR count). The summed E-state index contributed by atoms with van der Waals surface area (Å²) < 4.78 is 0.609. The number of urea groups is 1. The third-order valence-corrected chi connectivity index (χ3v) is 3.52. The minimum atomic E-state index is -3.32. The van der Waals surface area contributed by atoms with E-state index in [1.165, 1.54) is 0 Å². The molecule has 0 aliphatic carbocycles. The third kappa shape index (κ3) is 3.08. The number of rotatable bonds is 2. The molecule has 0 spiro atoms. The van der Waals surface area contributed by atoms with Crippen LogP contribution in [0.2, 0.25) is 0 Å². The molecule has 0 atom stereocenters. The van der Waals surface area contributed by atoms with Crippen molar-refractivity contribution in [2.45, 2.75) is 0 Å². The van der Waals surface area contributed by atoms with Crippen LogP contribution in [0.3, 0.4) is 0 Å². The average Bonchev–Trinajstić information content (AvgIpc) is 1.60. The molecule has 0 aliphatic heterocycles. The maximum absolute atomic E-state index is 10.3. The summed E-state index contributed by atoms with van der Waals surface area (Å²) in [5.74, 6) is 0. The van der Waals surface area contributed by atoms with Gasteiger partial charge >= 0.3 is 72.3 Å². The Morgan fingerprint density at radius 2 is 2.00 bits per heavy atom. The van der Waals surface area contributed by atoms with Crippen molar-refractivity contribution in [3.8, 4) is 0 Å². The zero-order valence-electron chi connectivity index (χ0n) is 4.72. The average molecular weight is 227 g/mol. The van der Waals surface area contributed by atoms with E-state index in [0.717, 1.165) is 0 Å². The molecule has 3 N–H and O–H groups in total. The Labute approximate surface area is 72.6 Å². The van der Waals surface area contributed by atoms with E-state index in [2.05, 4.69) is 0 Å². The quantitative estimate of drug-likeness (QED) is 0.554. The summed E-state index contributed by atoms with van der Waals surface area (Å²) in [7, 11) is 0. The van der Waals surface area contributed by atoms with Crippen molar-refractivity contribution in [1.29, 1.82) is 0 Å². The number of hydrogen-bond donors (Lipinski definition) is 2. The Balaban J connectivity index is 4.22. The molecule has 0 aromatic heterocycles. The van der Waals surface area contributed by atoms with E-state index in [1.54, 1.807) is 0 Å². The molecule has 0 fully saturated rings. The summed E-state index contributed by atoms with van der Waals surface area (Å²) in [6.07, 6.45) is 0. The van der Waals surface area contributed by atoms with Gasteiger partial charge in [0.2, 0.25) is 0 Å². The zero-order valence-corrected chi connectivity index (χ0v) is 7.99. The normalized spacial score (nSPS) is 12.8. The molecule has 0 heterocycles. The van der Waals surface area contributed by atoms with Gasteiger partial charge in [-0.25, -0.2) is 0 Å². The molecule has 4 nitrogen and oxygen atoms in total. The number of aliphatic hydroxyl groups excluding tert-OH is 1. The van der Waals surface area contributed by atoms with Gasteiger partial charge in [-0.1, -0.05) is 0 Å². The molecule has 0 aliphatic rings. The second kappa shape index (κ2) is 3.79. The second-order valence-corrected chi connectivity index (χ2v) is 9.52. The van der Waals surface area contributed by atoms with Gasteiger partial charge in [0.05, 0.1) is 0 Å². The van der Waals surface area contributed by atoms with Gasteiger partial charge in [0, 0.05) is 0 Å². The van der Waals surface area contributed by atoms with Crippen molar-refractivity contribution >= 4 is 45.2 Å². The van der Waals surface area contributed by atoms with Crippen LogP contribution in [0.25, 0.3) is 0 Å². The van der Waals surface area contributed by atoms with Gasteiger partial charge in [0.25, 0.3) is 0 Å². The molecule has 10 heavy (non-hydrogen) atoms. The molecule has 0 aromatic carbocycles. The van der Waals surface area contributed by atoms with Crippen LogP contribution in [0.1, 0.15) is 0 Å². The van der Waals surface area contributed by atoms with Gasteiger partial charge in [0.15, 0.2) is 0 Å². The molecule has 0 saturated carbocycles. The molecule has 2 amide bonds. The zero-order chi connectivity index (χ0) is 8.36. The molecule has 0 unspecified atom stereocenters. The fourth-order valence-electron chi connectivity index (χ4n) is 0.275. The molecule has 0 bridgehead atoms. The molecular formula is C2H6Cl3N2O2P. The predicted octanol–water partition coefficient (Wildman–Crippen LogP) is 1.44. The summed E-state index contributed by atoms with van der Waals surface area (Å²) >= 11 is 16.0. The summed E-state index contributed by atoms with van der Waals surface area (Å²) in [5.41, 5.74) is 1.42. The van der Waals surface area contributed by atoms with Crippen molar-refractivity contribution in [2.75, 3.05) is 6.73 Å². The van der Waals surface area contributed by atoms with E-state index in [1.807, 2.05) is 0 Å². The van der Waals surface area contributed by atoms with Crippen molar-refractivity contribution < 1.29 is 9.90 Å². The van der Waals surface area contributed by atoms with Gasteiger partial charge in [-0.15, -0.1) is 0 Å². The Morgan fingerprint density at radius 3 is 2.00 bits per heavy atom. The van der Waals surface area contributed by atoms with Crippen LogP contribution in [0, 0.1) is 0 Å².